The first-order valence-electron chi connectivity index (χ1n) is 0.612. The van der Waals surface area contributed by atoms with Gasteiger partial charge in [0.1, 0.15) is 0 Å². The molecule has 0 unspecified atom stereocenters. The summed E-state index contributed by atoms with van der Waals surface area (Å²) in [7, 11) is 0. The minimum absolute atomic E-state index is 0. The van der Waals surface area contributed by atoms with E-state index in [1.54, 1.807) is 0 Å². The van der Waals surface area contributed by atoms with Crippen LogP contribution >= 0.6 is 0 Å². The molecule has 0 aromatic heterocycles. The van der Waals surface area contributed by atoms with Crippen molar-refractivity contribution in [2.45, 2.75) is 0 Å². The van der Waals surface area contributed by atoms with Crippen molar-refractivity contribution < 1.29 is 20.5 Å². The molecule has 0 aromatic rings. The van der Waals surface area contributed by atoms with Crippen molar-refractivity contribution in [3.8, 4) is 0 Å². The Morgan fingerprint density at radius 3 is 1.29 bits per heavy atom. The summed E-state index contributed by atoms with van der Waals surface area (Å²) in [4.78, 5) is 8.33. The van der Waals surface area contributed by atoms with Gasteiger partial charge in [0.2, 0.25) is 0 Å². The first-order chi connectivity index (χ1) is 1.73. The van der Waals surface area contributed by atoms with Gasteiger partial charge in [-0.25, -0.2) is 0 Å². The van der Waals surface area contributed by atoms with E-state index in [4.69, 9.17) is 15.0 Å². The topological polar surface area (TPSA) is 94.7 Å². The van der Waals surface area contributed by atoms with E-state index in [0.29, 0.717) is 0 Å². The summed E-state index contributed by atoms with van der Waals surface area (Å²) in [5.74, 6) is 0. The number of carboxylic acid groups (broad SMARTS) is 2. The standard InChI is InChI=1S/CH2O3.Ba.Ca.H2O.2H/c2-1(3)4;;;;;/h(H2,2,3,4);;;1H2;;/q;;+2;;;/p-2. The quantitative estimate of drug-likeness (QED) is 0.409. The Labute approximate surface area is 111 Å². The summed E-state index contributed by atoms with van der Waals surface area (Å²) >= 11 is 0. The first-order valence-corrected chi connectivity index (χ1v) is 0.612. The molecule has 0 radical (unpaired) electrons. The zero-order valence-corrected chi connectivity index (χ0v) is 5.14. The normalized spacial score (nSPS) is 3.43. The van der Waals surface area contributed by atoms with Gasteiger partial charge >= 0.3 is 86.6 Å². The van der Waals surface area contributed by atoms with E-state index < -0.39 is 6.16 Å². The molecule has 36 valence electrons. The van der Waals surface area contributed by atoms with Gasteiger partial charge in [0.05, 0.1) is 0 Å². The molecule has 0 aliphatic carbocycles. The molecular formula is CH4BaCaO4. The van der Waals surface area contributed by atoms with Crippen molar-refractivity contribution in [3.05, 3.63) is 0 Å². The summed E-state index contributed by atoms with van der Waals surface area (Å²) < 4.78 is 0. The van der Waals surface area contributed by atoms with E-state index in [2.05, 4.69) is 0 Å². The number of rotatable bonds is 0. The molecule has 0 aliphatic rings. The molecule has 0 atom stereocenters. The number of hydrogen-bond acceptors (Lipinski definition) is 3. The average molecular weight is 257 g/mol. The minimum atomic E-state index is -2.33. The Hall–Kier alpha value is 2.06. The van der Waals surface area contributed by atoms with E-state index in [9.17, 15) is 0 Å². The van der Waals surface area contributed by atoms with Crippen molar-refractivity contribution >= 4 is 92.8 Å². The van der Waals surface area contributed by atoms with Crippen LogP contribution in [-0.4, -0.2) is 98.3 Å². The maximum atomic E-state index is 8.33. The van der Waals surface area contributed by atoms with Crippen LogP contribution < -0.4 is 10.2 Å². The number of carbonyl (C=O) groups excluding carboxylic acids is 1. The second-order valence-corrected chi connectivity index (χ2v) is 0.250. The molecule has 6 heteroatoms. The van der Waals surface area contributed by atoms with Gasteiger partial charge in [0.15, 0.2) is 0 Å². The van der Waals surface area contributed by atoms with Gasteiger partial charge < -0.3 is 20.5 Å². The van der Waals surface area contributed by atoms with E-state index in [1.807, 2.05) is 0 Å². The third-order valence-corrected chi connectivity index (χ3v) is 0. The van der Waals surface area contributed by atoms with E-state index in [0.717, 1.165) is 0 Å². The molecular weight excluding hydrogens is 253 g/mol. The van der Waals surface area contributed by atoms with Crippen molar-refractivity contribution in [1.82, 2.24) is 0 Å². The second kappa shape index (κ2) is 15.7. The van der Waals surface area contributed by atoms with Crippen LogP contribution in [0.3, 0.4) is 0 Å². The van der Waals surface area contributed by atoms with Crippen molar-refractivity contribution in [2.75, 3.05) is 0 Å². The maximum absolute atomic E-state index is 8.33. The van der Waals surface area contributed by atoms with Gasteiger partial charge in [0, 0.05) is 0 Å². The molecule has 0 bridgehead atoms. The summed E-state index contributed by atoms with van der Waals surface area (Å²) in [5, 5.41) is 16.7. The van der Waals surface area contributed by atoms with Gasteiger partial charge in [-0.1, -0.05) is 0 Å². The van der Waals surface area contributed by atoms with E-state index in [1.165, 1.54) is 0 Å². The average Bonchev–Trinajstić information content (AvgIpc) is 0.811. The minimum Gasteiger partial charge on any atom is 2.00 e. The summed E-state index contributed by atoms with van der Waals surface area (Å²) in [5.41, 5.74) is 0. The third-order valence-electron chi connectivity index (χ3n) is 0. The molecule has 0 spiro atoms. The number of hydrogen-bond donors (Lipinski definition) is 0. The van der Waals surface area contributed by atoms with Crippen LogP contribution in [0.1, 0.15) is 0 Å². The largest absolute Gasteiger partial charge is 2.00 e. The Balaban J connectivity index is -0.0000000150. The Morgan fingerprint density at radius 2 is 1.29 bits per heavy atom. The molecule has 0 fully saturated rings. The van der Waals surface area contributed by atoms with Gasteiger partial charge in [0.25, 0.3) is 0 Å². The van der Waals surface area contributed by atoms with E-state index in [-0.39, 0.29) is 92.1 Å². The molecule has 0 amide bonds. The zero-order chi connectivity index (χ0) is 3.58. The van der Waals surface area contributed by atoms with Crippen LogP contribution in [0.25, 0.3) is 0 Å². The Morgan fingerprint density at radius 1 is 1.29 bits per heavy atom. The van der Waals surface area contributed by atoms with Crippen LogP contribution in [0.2, 0.25) is 0 Å². The van der Waals surface area contributed by atoms with Crippen LogP contribution in [0.15, 0.2) is 0 Å². The maximum Gasteiger partial charge on any atom is 2.00 e. The summed E-state index contributed by atoms with van der Waals surface area (Å²) in [6, 6.07) is 0. The Bertz CT molecular complexity index is 34.7. The summed E-state index contributed by atoms with van der Waals surface area (Å²) in [6.45, 7) is 0. The molecule has 0 aliphatic heterocycles. The van der Waals surface area contributed by atoms with Gasteiger partial charge in [-0.2, -0.15) is 0 Å². The summed E-state index contributed by atoms with van der Waals surface area (Å²) in [6.07, 6.45) is -2.33. The fourth-order valence-corrected chi connectivity index (χ4v) is 0. The molecule has 0 rings (SSSR count). The Kier molecular flexibility index (Phi) is 51.5. The smallest absolute Gasteiger partial charge is 2.00 e. The van der Waals surface area contributed by atoms with Gasteiger partial charge in [-0.3, -0.25) is 0 Å². The predicted octanol–water partition coefficient (Wildman–Crippen LogP) is -4.57. The van der Waals surface area contributed by atoms with Crippen molar-refractivity contribution in [2.24, 2.45) is 0 Å². The first kappa shape index (κ1) is 23.0. The molecule has 0 aromatic carbocycles. The molecule has 0 heterocycles. The SMILES string of the molecule is O.O=C([O-])[O-].[BaH2].[Ca+2]. The fraction of sp³-hybridized carbons (Fsp3) is 0. The van der Waals surface area contributed by atoms with Crippen LogP contribution in [-0.2, 0) is 0 Å². The van der Waals surface area contributed by atoms with Crippen LogP contribution in [0.4, 0.5) is 4.79 Å². The van der Waals surface area contributed by atoms with Crippen LogP contribution in [0, 0.1) is 0 Å². The predicted molar refractivity (Wildman–Crippen MR) is 23.3 cm³/mol. The van der Waals surface area contributed by atoms with Crippen LogP contribution in [0.5, 0.6) is 0 Å². The van der Waals surface area contributed by atoms with Gasteiger partial charge in [-0.05, 0) is 6.16 Å². The molecule has 7 heavy (non-hydrogen) atoms. The van der Waals surface area contributed by atoms with E-state index >= 15 is 0 Å². The second-order valence-electron chi connectivity index (χ2n) is 0.250. The van der Waals surface area contributed by atoms with Crippen molar-refractivity contribution in [1.29, 1.82) is 0 Å². The molecule has 2 N–H and O–H groups in total. The molecule has 4 nitrogen and oxygen atoms in total. The monoisotopic (exact) mass is 258 g/mol. The van der Waals surface area contributed by atoms with Crippen molar-refractivity contribution in [3.63, 3.8) is 0 Å². The number of carbonyl (C=O) groups is 1. The van der Waals surface area contributed by atoms with Gasteiger partial charge in [-0.15, -0.1) is 0 Å². The molecule has 0 saturated heterocycles. The zero-order valence-electron chi connectivity index (χ0n) is 2.93. The molecule has 0 saturated carbocycles. The third kappa shape index (κ3) is 69.7. The fourth-order valence-electron chi connectivity index (χ4n) is 0.